The zero-order valence-corrected chi connectivity index (χ0v) is 16.6. The summed E-state index contributed by atoms with van der Waals surface area (Å²) in [5.41, 5.74) is 0.751. The molecule has 2 aromatic carbocycles. The third-order valence-electron chi connectivity index (χ3n) is 4.06. The van der Waals surface area contributed by atoms with E-state index in [9.17, 15) is 13.6 Å². The minimum atomic E-state index is -2.93. The topological polar surface area (TPSA) is 66.0 Å². The lowest BCUT2D eigenvalue weighted by atomic mass is 10.1. The highest BCUT2D eigenvalue weighted by Crippen LogP contribution is 2.34. The first kappa shape index (κ1) is 21.0. The number of amides is 1. The van der Waals surface area contributed by atoms with E-state index in [0.717, 1.165) is 10.5 Å². The van der Waals surface area contributed by atoms with Gasteiger partial charge in [-0.15, -0.1) is 11.8 Å². The maximum Gasteiger partial charge on any atom is 0.387 e. The van der Waals surface area contributed by atoms with Crippen molar-refractivity contribution in [3.8, 4) is 23.0 Å². The Morgan fingerprint density at radius 1 is 1.14 bits per heavy atom. The number of thioether (sulfide) groups is 1. The summed E-state index contributed by atoms with van der Waals surface area (Å²) in [6.07, 6.45) is 0.476. The van der Waals surface area contributed by atoms with Crippen molar-refractivity contribution in [1.29, 1.82) is 0 Å². The molecule has 0 saturated heterocycles. The van der Waals surface area contributed by atoms with Crippen molar-refractivity contribution in [3.05, 3.63) is 42.0 Å². The molecule has 3 rings (SSSR count). The molecule has 1 heterocycles. The Morgan fingerprint density at radius 3 is 2.69 bits per heavy atom. The summed E-state index contributed by atoms with van der Waals surface area (Å²) in [6.45, 7) is -1.51. The second-order valence-corrected chi connectivity index (χ2v) is 7.11. The average Bonchev–Trinajstić information content (AvgIpc) is 2.72. The van der Waals surface area contributed by atoms with Crippen LogP contribution in [0.4, 0.5) is 8.78 Å². The SMILES string of the molecule is COc1ccc(CCNC(=O)CSc2ccc3c(c2)OCCO3)cc1OC(F)F. The van der Waals surface area contributed by atoms with Gasteiger partial charge >= 0.3 is 6.61 Å². The lowest BCUT2D eigenvalue weighted by Gasteiger charge is -2.18. The Labute approximate surface area is 171 Å². The second kappa shape index (κ2) is 10.2. The zero-order chi connectivity index (χ0) is 20.6. The quantitative estimate of drug-likeness (QED) is 0.621. The van der Waals surface area contributed by atoms with Gasteiger partial charge in [-0.05, 0) is 42.3 Å². The first-order valence-corrected chi connectivity index (χ1v) is 9.94. The van der Waals surface area contributed by atoms with Crippen LogP contribution in [0.5, 0.6) is 23.0 Å². The molecule has 6 nitrogen and oxygen atoms in total. The number of carbonyl (C=O) groups excluding carboxylic acids is 1. The molecule has 9 heteroatoms. The molecule has 29 heavy (non-hydrogen) atoms. The van der Waals surface area contributed by atoms with Crippen molar-refractivity contribution in [2.75, 3.05) is 32.6 Å². The third-order valence-corrected chi connectivity index (χ3v) is 5.06. The van der Waals surface area contributed by atoms with Gasteiger partial charge in [0.1, 0.15) is 13.2 Å². The van der Waals surface area contributed by atoms with Crippen LogP contribution in [0.3, 0.4) is 0 Å². The average molecular weight is 425 g/mol. The Bertz CT molecular complexity index is 850. The number of halogens is 2. The van der Waals surface area contributed by atoms with Crippen LogP contribution in [0, 0.1) is 0 Å². The number of benzene rings is 2. The highest BCUT2D eigenvalue weighted by molar-refractivity contribution is 8.00. The van der Waals surface area contributed by atoms with E-state index in [-0.39, 0.29) is 23.2 Å². The first-order chi connectivity index (χ1) is 14.0. The lowest BCUT2D eigenvalue weighted by molar-refractivity contribution is -0.118. The van der Waals surface area contributed by atoms with Crippen molar-refractivity contribution < 1.29 is 32.5 Å². The van der Waals surface area contributed by atoms with Crippen LogP contribution < -0.4 is 24.3 Å². The molecule has 2 aromatic rings. The van der Waals surface area contributed by atoms with Gasteiger partial charge in [-0.2, -0.15) is 8.78 Å². The predicted octanol–water partition coefficient (Wildman–Crippen LogP) is 3.52. The highest BCUT2D eigenvalue weighted by atomic mass is 32.2. The molecular formula is C20H21F2NO5S. The lowest BCUT2D eigenvalue weighted by Crippen LogP contribution is -2.27. The predicted molar refractivity (Wildman–Crippen MR) is 104 cm³/mol. The second-order valence-electron chi connectivity index (χ2n) is 6.06. The van der Waals surface area contributed by atoms with Crippen molar-refractivity contribution in [2.45, 2.75) is 17.9 Å². The van der Waals surface area contributed by atoms with E-state index in [4.69, 9.17) is 14.2 Å². The molecule has 0 aromatic heterocycles. The number of hydrogen-bond donors (Lipinski definition) is 1. The Balaban J connectivity index is 1.45. The summed E-state index contributed by atoms with van der Waals surface area (Å²) in [6, 6.07) is 10.4. The molecule has 0 spiro atoms. The summed E-state index contributed by atoms with van der Waals surface area (Å²) in [7, 11) is 1.38. The van der Waals surface area contributed by atoms with Gasteiger partial charge in [-0.1, -0.05) is 6.07 Å². The van der Waals surface area contributed by atoms with Crippen LogP contribution >= 0.6 is 11.8 Å². The van der Waals surface area contributed by atoms with Crippen LogP contribution in [-0.4, -0.2) is 45.1 Å². The summed E-state index contributed by atoms with van der Waals surface area (Å²) in [5.74, 6) is 1.72. The standard InChI is InChI=1S/C20H21F2NO5S/c1-25-15-4-2-13(10-18(15)28-20(21)22)6-7-23-19(24)12-29-14-3-5-16-17(11-14)27-9-8-26-16/h2-5,10-11,20H,6-9,12H2,1H3,(H,23,24). The van der Waals surface area contributed by atoms with Gasteiger partial charge < -0.3 is 24.3 Å². The normalized spacial score (nSPS) is 12.6. The number of methoxy groups -OCH3 is 1. The van der Waals surface area contributed by atoms with Crippen LogP contribution in [0.15, 0.2) is 41.3 Å². The number of ether oxygens (including phenoxy) is 4. The van der Waals surface area contributed by atoms with Crippen molar-refractivity contribution in [2.24, 2.45) is 0 Å². The maximum absolute atomic E-state index is 12.5. The van der Waals surface area contributed by atoms with Crippen molar-refractivity contribution >= 4 is 17.7 Å². The summed E-state index contributed by atoms with van der Waals surface area (Å²) < 4.78 is 45.5. The van der Waals surface area contributed by atoms with Crippen molar-refractivity contribution in [1.82, 2.24) is 5.32 Å². The Kier molecular flexibility index (Phi) is 7.40. The number of fused-ring (bicyclic) bond motifs is 1. The molecule has 0 bridgehead atoms. The molecule has 0 aliphatic carbocycles. The van der Waals surface area contributed by atoms with E-state index < -0.39 is 6.61 Å². The summed E-state index contributed by atoms with van der Waals surface area (Å²) in [5, 5.41) is 2.82. The molecule has 1 aliphatic rings. The number of rotatable bonds is 9. The van der Waals surface area contributed by atoms with Gasteiger partial charge in [-0.3, -0.25) is 4.79 Å². The zero-order valence-electron chi connectivity index (χ0n) is 15.8. The van der Waals surface area contributed by atoms with Gasteiger partial charge in [-0.25, -0.2) is 0 Å². The molecule has 1 aliphatic heterocycles. The highest BCUT2D eigenvalue weighted by Gasteiger charge is 2.13. The monoisotopic (exact) mass is 425 g/mol. The number of nitrogens with one attached hydrogen (secondary N) is 1. The van der Waals surface area contributed by atoms with Crippen molar-refractivity contribution in [3.63, 3.8) is 0 Å². The van der Waals surface area contributed by atoms with Gasteiger partial charge in [0.05, 0.1) is 12.9 Å². The Morgan fingerprint density at radius 2 is 1.93 bits per heavy atom. The fraction of sp³-hybridized carbons (Fsp3) is 0.350. The fourth-order valence-corrected chi connectivity index (χ4v) is 3.48. The molecule has 156 valence electrons. The van der Waals surface area contributed by atoms with Crippen LogP contribution in [0.25, 0.3) is 0 Å². The van der Waals surface area contributed by atoms with Gasteiger partial charge in [0.15, 0.2) is 23.0 Å². The van der Waals surface area contributed by atoms with Gasteiger partial charge in [0, 0.05) is 11.4 Å². The minimum absolute atomic E-state index is 0.0273. The number of hydrogen-bond acceptors (Lipinski definition) is 6. The first-order valence-electron chi connectivity index (χ1n) is 8.96. The fourth-order valence-electron chi connectivity index (χ4n) is 2.72. The largest absolute Gasteiger partial charge is 0.493 e. The summed E-state index contributed by atoms with van der Waals surface area (Å²) in [4.78, 5) is 13.0. The van der Waals surface area contributed by atoms with Crippen LogP contribution in [0.2, 0.25) is 0 Å². The molecule has 0 saturated carbocycles. The van der Waals surface area contributed by atoms with E-state index in [1.54, 1.807) is 12.1 Å². The maximum atomic E-state index is 12.5. The third kappa shape index (κ3) is 6.15. The van der Waals surface area contributed by atoms with E-state index in [1.807, 2.05) is 18.2 Å². The number of alkyl halides is 2. The molecule has 0 atom stereocenters. The molecule has 0 radical (unpaired) electrons. The van der Waals surface area contributed by atoms with Crippen LogP contribution in [0.1, 0.15) is 5.56 Å². The Hall–Kier alpha value is -2.68. The van der Waals surface area contributed by atoms with E-state index in [1.165, 1.54) is 24.9 Å². The molecule has 0 unspecified atom stereocenters. The van der Waals surface area contributed by atoms with Gasteiger partial charge in [0.25, 0.3) is 0 Å². The molecule has 0 fully saturated rings. The van der Waals surface area contributed by atoms with Gasteiger partial charge in [0.2, 0.25) is 5.91 Å². The van der Waals surface area contributed by atoms with E-state index in [2.05, 4.69) is 10.1 Å². The molecule has 1 N–H and O–H groups in total. The van der Waals surface area contributed by atoms with E-state index >= 15 is 0 Å². The van der Waals surface area contributed by atoms with Crippen LogP contribution in [-0.2, 0) is 11.2 Å². The number of carbonyl (C=O) groups is 1. The van der Waals surface area contributed by atoms with E-state index in [0.29, 0.717) is 37.7 Å². The summed E-state index contributed by atoms with van der Waals surface area (Å²) >= 11 is 1.39. The minimum Gasteiger partial charge on any atom is -0.493 e. The molecule has 1 amide bonds. The molecular weight excluding hydrogens is 404 g/mol. The smallest absolute Gasteiger partial charge is 0.387 e.